The number of hydrogen-bond acceptors (Lipinski definition) is 2. The minimum absolute atomic E-state index is 0.265. The first-order chi connectivity index (χ1) is 6.92. The molecule has 9 heteroatoms. The van der Waals surface area contributed by atoms with Crippen molar-refractivity contribution in [2.45, 2.75) is 31.4 Å². The van der Waals surface area contributed by atoms with Crippen molar-refractivity contribution < 1.29 is 35.5 Å². The topological polar surface area (TPSA) is 17.1 Å². The summed E-state index contributed by atoms with van der Waals surface area (Å²) in [6.45, 7) is 0.991. The number of thioether (sulfide) groups is 1. The van der Waals surface area contributed by atoms with E-state index in [9.17, 15) is 35.5 Å². The van der Waals surface area contributed by atoms with Crippen molar-refractivity contribution in [1.82, 2.24) is 0 Å². The molecule has 0 aliphatic heterocycles. The Morgan fingerprint density at radius 1 is 1.06 bits per heavy atom. The Hall–Kier alpha value is -0.470. The average molecular weight is 272 g/mol. The summed E-state index contributed by atoms with van der Waals surface area (Å²) in [5.74, 6) is -12.1. The van der Waals surface area contributed by atoms with Gasteiger partial charge in [0, 0.05) is 19.1 Å². The van der Waals surface area contributed by atoms with Crippen LogP contribution in [0.4, 0.5) is 30.7 Å². The van der Waals surface area contributed by atoms with Gasteiger partial charge >= 0.3 is 18.0 Å². The summed E-state index contributed by atoms with van der Waals surface area (Å²) in [6.07, 6.45) is -8.03. The fourth-order valence-electron chi connectivity index (χ4n) is 0.687. The molecule has 0 saturated carbocycles. The van der Waals surface area contributed by atoms with E-state index in [1.54, 1.807) is 0 Å². The van der Waals surface area contributed by atoms with Crippen LogP contribution in [0, 0.1) is 0 Å². The Kier molecular flexibility index (Phi) is 4.66. The van der Waals surface area contributed by atoms with E-state index in [1.807, 2.05) is 0 Å². The summed E-state index contributed by atoms with van der Waals surface area (Å²) in [7, 11) is 0. The van der Waals surface area contributed by atoms with E-state index in [-0.39, 0.29) is 11.8 Å². The van der Waals surface area contributed by atoms with Gasteiger partial charge in [-0.1, -0.05) is 11.8 Å². The van der Waals surface area contributed by atoms with Gasteiger partial charge in [-0.2, -0.15) is 30.7 Å². The maximum absolute atomic E-state index is 12.6. The quantitative estimate of drug-likeness (QED) is 0.729. The standard InChI is InChI=1S/C7H7F7OS/c1-4(15)16-3-2-5(8,9)6(10,11)7(12,13)14/h2-3H2,1H3. The van der Waals surface area contributed by atoms with E-state index in [1.165, 1.54) is 0 Å². The van der Waals surface area contributed by atoms with Crippen molar-refractivity contribution in [2.75, 3.05) is 5.75 Å². The monoisotopic (exact) mass is 272 g/mol. The minimum Gasteiger partial charge on any atom is -0.288 e. The molecule has 96 valence electrons. The molecule has 0 unspecified atom stereocenters. The van der Waals surface area contributed by atoms with Gasteiger partial charge in [-0.25, -0.2) is 0 Å². The predicted octanol–water partition coefficient (Wildman–Crippen LogP) is 3.49. The number of rotatable bonds is 4. The lowest BCUT2D eigenvalue weighted by Crippen LogP contribution is -2.52. The van der Waals surface area contributed by atoms with Gasteiger partial charge in [-0.3, -0.25) is 4.79 Å². The molecule has 0 aliphatic rings. The Bertz CT molecular complexity index is 260. The highest BCUT2D eigenvalue weighted by atomic mass is 32.2. The lowest BCUT2D eigenvalue weighted by Gasteiger charge is -2.27. The lowest BCUT2D eigenvalue weighted by atomic mass is 10.1. The molecule has 0 saturated heterocycles. The highest BCUT2D eigenvalue weighted by Gasteiger charge is 2.72. The van der Waals surface area contributed by atoms with Crippen LogP contribution < -0.4 is 0 Å². The van der Waals surface area contributed by atoms with Gasteiger partial charge in [0.05, 0.1) is 0 Å². The van der Waals surface area contributed by atoms with Crippen molar-refractivity contribution in [3.8, 4) is 0 Å². The molecule has 16 heavy (non-hydrogen) atoms. The van der Waals surface area contributed by atoms with Crippen molar-refractivity contribution in [3.63, 3.8) is 0 Å². The van der Waals surface area contributed by atoms with Gasteiger partial charge < -0.3 is 0 Å². The number of carbonyl (C=O) groups excluding carboxylic acids is 1. The van der Waals surface area contributed by atoms with Crippen LogP contribution in [0.5, 0.6) is 0 Å². The zero-order chi connectivity index (χ0) is 13.2. The highest BCUT2D eigenvalue weighted by molar-refractivity contribution is 8.13. The van der Waals surface area contributed by atoms with Crippen molar-refractivity contribution >= 4 is 16.9 Å². The van der Waals surface area contributed by atoms with Crippen LogP contribution in [0.1, 0.15) is 13.3 Å². The maximum atomic E-state index is 12.6. The molecule has 0 aromatic rings. The second-order valence-electron chi connectivity index (χ2n) is 2.87. The molecular weight excluding hydrogens is 265 g/mol. The van der Waals surface area contributed by atoms with Crippen molar-refractivity contribution in [2.24, 2.45) is 0 Å². The summed E-state index contributed by atoms with van der Waals surface area (Å²) in [5, 5.41) is -0.633. The highest BCUT2D eigenvalue weighted by Crippen LogP contribution is 2.48. The average Bonchev–Trinajstić information content (AvgIpc) is 2.00. The second kappa shape index (κ2) is 4.80. The van der Waals surface area contributed by atoms with E-state index in [0.717, 1.165) is 6.92 Å². The Morgan fingerprint density at radius 3 is 1.81 bits per heavy atom. The largest absolute Gasteiger partial charge is 0.459 e. The predicted molar refractivity (Wildman–Crippen MR) is 43.7 cm³/mol. The molecule has 0 aromatic heterocycles. The summed E-state index contributed by atoms with van der Waals surface area (Å²) < 4.78 is 84.5. The van der Waals surface area contributed by atoms with E-state index < -0.39 is 35.3 Å². The summed E-state index contributed by atoms with van der Waals surface area (Å²) >= 11 is 0.265. The number of halogens is 7. The molecule has 0 spiro atoms. The summed E-state index contributed by atoms with van der Waals surface area (Å²) in [4.78, 5) is 10.3. The van der Waals surface area contributed by atoms with Gasteiger partial charge in [0.1, 0.15) is 0 Å². The summed E-state index contributed by atoms with van der Waals surface area (Å²) in [6, 6.07) is 0. The van der Waals surface area contributed by atoms with Crippen molar-refractivity contribution in [1.29, 1.82) is 0 Å². The first kappa shape index (κ1) is 15.5. The minimum atomic E-state index is -6.31. The van der Waals surface area contributed by atoms with Gasteiger partial charge in [-0.15, -0.1) is 0 Å². The molecule has 0 aromatic carbocycles. The third-order valence-electron chi connectivity index (χ3n) is 1.54. The van der Waals surface area contributed by atoms with Crippen LogP contribution in [0.25, 0.3) is 0 Å². The zero-order valence-electron chi connectivity index (χ0n) is 7.88. The van der Waals surface area contributed by atoms with Crippen LogP contribution in [0.2, 0.25) is 0 Å². The number of carbonyl (C=O) groups is 1. The summed E-state index contributed by atoms with van der Waals surface area (Å²) in [5.41, 5.74) is 0. The van der Waals surface area contributed by atoms with E-state index in [0.29, 0.717) is 0 Å². The normalized spacial score (nSPS) is 14.0. The molecule has 0 bridgehead atoms. The molecule has 0 rings (SSSR count). The first-order valence-corrected chi connectivity index (χ1v) is 4.86. The van der Waals surface area contributed by atoms with E-state index in [4.69, 9.17) is 0 Å². The van der Waals surface area contributed by atoms with Crippen LogP contribution in [-0.4, -0.2) is 28.9 Å². The van der Waals surface area contributed by atoms with Crippen molar-refractivity contribution in [3.05, 3.63) is 0 Å². The molecular formula is C7H7F7OS. The van der Waals surface area contributed by atoms with Gasteiger partial charge in [0.2, 0.25) is 0 Å². The second-order valence-corrected chi connectivity index (χ2v) is 4.14. The molecule has 0 fully saturated rings. The third-order valence-corrected chi connectivity index (χ3v) is 2.35. The molecule has 1 nitrogen and oxygen atoms in total. The number of hydrogen-bond donors (Lipinski definition) is 0. The van der Waals surface area contributed by atoms with Crippen LogP contribution in [0.15, 0.2) is 0 Å². The zero-order valence-corrected chi connectivity index (χ0v) is 8.69. The number of alkyl halides is 7. The fourth-order valence-corrected chi connectivity index (χ4v) is 1.33. The Morgan fingerprint density at radius 2 is 1.50 bits per heavy atom. The smallest absolute Gasteiger partial charge is 0.288 e. The van der Waals surface area contributed by atoms with Crippen LogP contribution >= 0.6 is 11.8 Å². The third kappa shape index (κ3) is 3.53. The Labute approximate surface area is 90.4 Å². The molecule has 0 radical (unpaired) electrons. The van der Waals surface area contributed by atoms with E-state index in [2.05, 4.69) is 0 Å². The lowest BCUT2D eigenvalue weighted by molar-refractivity contribution is -0.354. The molecule has 0 amide bonds. The first-order valence-electron chi connectivity index (χ1n) is 3.87. The molecule has 0 N–H and O–H groups in total. The Balaban J connectivity index is 4.59. The van der Waals surface area contributed by atoms with Gasteiger partial charge in [0.25, 0.3) is 0 Å². The van der Waals surface area contributed by atoms with E-state index >= 15 is 0 Å². The van der Waals surface area contributed by atoms with Gasteiger partial charge in [-0.05, 0) is 0 Å². The fraction of sp³-hybridized carbons (Fsp3) is 0.857. The van der Waals surface area contributed by atoms with Crippen LogP contribution in [-0.2, 0) is 4.79 Å². The SMILES string of the molecule is CC(=O)SCCC(F)(F)C(F)(F)C(F)(F)F. The molecule has 0 aliphatic carbocycles. The maximum Gasteiger partial charge on any atom is 0.459 e. The van der Waals surface area contributed by atoms with Crippen LogP contribution in [0.3, 0.4) is 0 Å². The molecule has 0 heterocycles. The molecule has 0 atom stereocenters. The van der Waals surface area contributed by atoms with Gasteiger partial charge in [0.15, 0.2) is 5.12 Å².